The minimum Gasteiger partial charge on any atom is -0.460 e. The summed E-state index contributed by atoms with van der Waals surface area (Å²) in [6, 6.07) is 5.05. The average Bonchev–Trinajstić information content (AvgIpc) is 2.79. The zero-order chi connectivity index (χ0) is 29.9. The van der Waals surface area contributed by atoms with Crippen LogP contribution in [0.15, 0.2) is 30.3 Å². The van der Waals surface area contributed by atoms with Crippen molar-refractivity contribution in [3.05, 3.63) is 47.4 Å². The van der Waals surface area contributed by atoms with Crippen molar-refractivity contribution in [2.75, 3.05) is 17.6 Å². The van der Waals surface area contributed by atoms with E-state index < -0.39 is 52.0 Å². The molecule has 9 nitrogen and oxygen atoms in total. The Morgan fingerprint density at radius 1 is 1.13 bits per heavy atom. The highest BCUT2D eigenvalue weighted by Crippen LogP contribution is 2.33. The lowest BCUT2D eigenvalue weighted by Gasteiger charge is -2.27. The van der Waals surface area contributed by atoms with Crippen molar-refractivity contribution in [1.29, 1.82) is 0 Å². The van der Waals surface area contributed by atoms with Crippen LogP contribution in [0.2, 0.25) is 0 Å². The highest BCUT2D eigenvalue weighted by Gasteiger charge is 2.46. The van der Waals surface area contributed by atoms with E-state index >= 15 is 0 Å². The molecular weight excluding hydrogens is 539 g/mol. The number of hydrogen-bond acceptors (Lipinski definition) is 8. The van der Waals surface area contributed by atoms with E-state index in [0.29, 0.717) is 5.56 Å². The third-order valence-electron chi connectivity index (χ3n) is 5.47. The first-order valence-corrected chi connectivity index (χ1v) is 13.8. The smallest absolute Gasteiger partial charge is 0.309 e. The molecule has 2 atom stereocenters. The summed E-state index contributed by atoms with van der Waals surface area (Å²) in [6.07, 6.45) is -3.34. The molecule has 39 heavy (non-hydrogen) atoms. The van der Waals surface area contributed by atoms with Crippen molar-refractivity contribution in [1.82, 2.24) is 9.97 Å². The number of sulfonamides is 1. The highest BCUT2D eigenvalue weighted by molar-refractivity contribution is 7.92. The van der Waals surface area contributed by atoms with E-state index in [-0.39, 0.29) is 28.8 Å². The van der Waals surface area contributed by atoms with Crippen LogP contribution in [0.5, 0.6) is 0 Å². The van der Waals surface area contributed by atoms with Crippen LogP contribution in [0.25, 0.3) is 17.3 Å². The fourth-order valence-corrected chi connectivity index (χ4v) is 3.76. The Morgan fingerprint density at radius 3 is 2.18 bits per heavy atom. The maximum Gasteiger partial charge on any atom is 0.309 e. The fraction of sp³-hybridized carbons (Fsp3) is 0.500. The van der Waals surface area contributed by atoms with Gasteiger partial charge in [-0.05, 0) is 57.0 Å². The summed E-state index contributed by atoms with van der Waals surface area (Å²) in [5, 5.41) is 20.3. The topological polar surface area (TPSA) is 130 Å². The summed E-state index contributed by atoms with van der Waals surface area (Å²) in [5.74, 6) is -6.31. The van der Waals surface area contributed by atoms with Crippen LogP contribution in [0.4, 0.5) is 19.1 Å². The van der Waals surface area contributed by atoms with Crippen LogP contribution in [0.3, 0.4) is 0 Å². The number of alkyl halides is 2. The Hall–Kier alpha value is -3.03. The summed E-state index contributed by atoms with van der Waals surface area (Å²) < 4.78 is 73.4. The normalized spacial score (nSPS) is 14.5. The molecule has 2 rings (SSSR count). The minimum atomic E-state index is -4.14. The van der Waals surface area contributed by atoms with Crippen molar-refractivity contribution in [2.24, 2.45) is 0 Å². The van der Waals surface area contributed by atoms with Crippen molar-refractivity contribution >= 4 is 28.0 Å². The lowest BCUT2D eigenvalue weighted by Crippen LogP contribution is -2.45. The predicted molar refractivity (Wildman–Crippen MR) is 141 cm³/mol. The molecule has 0 aliphatic heterocycles. The van der Waals surface area contributed by atoms with E-state index in [4.69, 9.17) is 4.74 Å². The van der Waals surface area contributed by atoms with Crippen molar-refractivity contribution in [3.63, 3.8) is 0 Å². The number of carbonyl (C=O) groups is 1. The van der Waals surface area contributed by atoms with Gasteiger partial charge in [0.2, 0.25) is 16.0 Å². The number of benzene rings is 1. The summed E-state index contributed by atoms with van der Waals surface area (Å²) in [5.41, 5.74) is -0.101. The van der Waals surface area contributed by atoms with Crippen LogP contribution in [0, 0.1) is 5.82 Å². The molecule has 0 saturated heterocycles. The summed E-state index contributed by atoms with van der Waals surface area (Å²) in [7, 11) is -2.52. The standard InChI is InChI=1S/C26H34F3N3O6S/c1-15(2)22-18(12-13-19(33)26(28,29)20(34)14-21(35)38-25(3,4)5)23(16-8-10-17(27)11-9-16)31-24(30-22)32(6)39(7,36)37/h8-13,15,19-20,33-34H,14H2,1-7H3/b13-12+. The number of halogens is 3. The van der Waals surface area contributed by atoms with Gasteiger partial charge in [0, 0.05) is 18.2 Å². The number of anilines is 1. The third kappa shape index (κ3) is 8.48. The van der Waals surface area contributed by atoms with Crippen LogP contribution < -0.4 is 4.31 Å². The number of rotatable bonds is 10. The van der Waals surface area contributed by atoms with Gasteiger partial charge in [-0.2, -0.15) is 0 Å². The monoisotopic (exact) mass is 573 g/mol. The van der Waals surface area contributed by atoms with E-state index in [0.717, 1.165) is 34.8 Å². The van der Waals surface area contributed by atoms with Gasteiger partial charge in [-0.3, -0.25) is 4.79 Å². The molecule has 0 saturated carbocycles. The molecule has 0 fully saturated rings. The molecule has 1 aromatic heterocycles. The molecule has 0 aliphatic carbocycles. The van der Waals surface area contributed by atoms with Gasteiger partial charge in [0.05, 0.1) is 24.1 Å². The van der Waals surface area contributed by atoms with Crippen LogP contribution >= 0.6 is 0 Å². The average molecular weight is 574 g/mol. The number of nitrogens with zero attached hydrogens (tertiary/aromatic N) is 3. The largest absolute Gasteiger partial charge is 0.460 e. The summed E-state index contributed by atoms with van der Waals surface area (Å²) in [4.78, 5) is 20.5. The second-order valence-electron chi connectivity index (χ2n) is 10.3. The third-order valence-corrected chi connectivity index (χ3v) is 6.63. The fourth-order valence-electron chi connectivity index (χ4n) is 3.39. The summed E-state index contributed by atoms with van der Waals surface area (Å²) in [6.45, 7) is 8.08. The van der Waals surface area contributed by atoms with Crippen LogP contribution in [0.1, 0.15) is 58.2 Å². The molecule has 0 spiro atoms. The molecule has 0 radical (unpaired) electrons. The Morgan fingerprint density at radius 2 is 1.69 bits per heavy atom. The Balaban J connectivity index is 2.57. The molecule has 2 N–H and O–H groups in total. The first kappa shape index (κ1) is 32.2. The molecule has 0 amide bonds. The highest BCUT2D eigenvalue weighted by atomic mass is 32.2. The Kier molecular flexibility index (Phi) is 9.91. The molecule has 1 aromatic carbocycles. The molecular formula is C26H34F3N3O6S. The predicted octanol–water partition coefficient (Wildman–Crippen LogP) is 3.90. The Labute approximate surface area is 226 Å². The lowest BCUT2D eigenvalue weighted by atomic mass is 9.96. The Bertz CT molecular complexity index is 1310. The van der Waals surface area contributed by atoms with Crippen LogP contribution in [-0.4, -0.2) is 71.6 Å². The lowest BCUT2D eigenvalue weighted by molar-refractivity contribution is -0.180. The van der Waals surface area contributed by atoms with Crippen molar-refractivity contribution in [3.8, 4) is 11.3 Å². The van der Waals surface area contributed by atoms with Gasteiger partial charge in [0.1, 0.15) is 23.6 Å². The quantitative estimate of drug-likeness (QED) is 0.410. The second kappa shape index (κ2) is 12.0. The molecule has 2 unspecified atom stereocenters. The van der Waals surface area contributed by atoms with Gasteiger partial charge in [-0.1, -0.05) is 19.9 Å². The number of aliphatic hydroxyl groups is 2. The van der Waals surface area contributed by atoms with E-state index in [9.17, 15) is 36.6 Å². The van der Waals surface area contributed by atoms with Gasteiger partial charge in [0.15, 0.2) is 0 Å². The number of esters is 1. The maximum atomic E-state index is 14.8. The van der Waals surface area contributed by atoms with Crippen molar-refractivity contribution < 1.29 is 41.3 Å². The van der Waals surface area contributed by atoms with Crippen LogP contribution in [-0.2, 0) is 19.6 Å². The van der Waals surface area contributed by atoms with E-state index in [1.165, 1.54) is 19.2 Å². The SMILES string of the molecule is CC(C)c1nc(N(C)S(C)(=O)=O)nc(-c2ccc(F)cc2)c1/C=C/C(O)C(F)(F)C(O)CC(=O)OC(C)(C)C. The zero-order valence-electron chi connectivity index (χ0n) is 22.8. The number of hydrogen-bond donors (Lipinski definition) is 2. The minimum absolute atomic E-state index is 0.0975. The zero-order valence-corrected chi connectivity index (χ0v) is 23.6. The second-order valence-corrected chi connectivity index (χ2v) is 12.4. The molecule has 1 heterocycles. The van der Waals surface area contributed by atoms with Gasteiger partial charge in [-0.15, -0.1) is 0 Å². The van der Waals surface area contributed by atoms with E-state index in [1.807, 2.05) is 0 Å². The van der Waals surface area contributed by atoms with Gasteiger partial charge >= 0.3 is 11.9 Å². The summed E-state index contributed by atoms with van der Waals surface area (Å²) >= 11 is 0. The molecule has 0 bridgehead atoms. The number of aromatic nitrogens is 2. The number of aliphatic hydroxyl groups excluding tert-OH is 2. The van der Waals surface area contributed by atoms with Crippen molar-refractivity contribution in [2.45, 2.75) is 70.7 Å². The number of ether oxygens (including phenoxy) is 1. The van der Waals surface area contributed by atoms with E-state index in [2.05, 4.69) is 9.97 Å². The molecule has 2 aromatic rings. The molecule has 216 valence electrons. The van der Waals surface area contributed by atoms with E-state index in [1.54, 1.807) is 34.6 Å². The maximum absolute atomic E-state index is 14.8. The first-order valence-electron chi connectivity index (χ1n) is 12.0. The number of carbonyl (C=O) groups excluding carboxylic acids is 1. The van der Waals surface area contributed by atoms with Gasteiger partial charge < -0.3 is 14.9 Å². The van der Waals surface area contributed by atoms with Gasteiger partial charge in [0.25, 0.3) is 0 Å². The molecule has 13 heteroatoms. The molecule has 0 aliphatic rings. The van der Waals surface area contributed by atoms with Gasteiger partial charge in [-0.25, -0.2) is 35.9 Å². The first-order chi connectivity index (χ1) is 17.7.